The third kappa shape index (κ3) is 4.76. The summed E-state index contributed by atoms with van der Waals surface area (Å²) in [6.45, 7) is 8.60. The van der Waals surface area contributed by atoms with Gasteiger partial charge < -0.3 is 5.32 Å². The molecule has 0 aliphatic rings. The maximum Gasteiger partial charge on any atom is 0.252 e. The van der Waals surface area contributed by atoms with E-state index >= 15 is 0 Å². The van der Waals surface area contributed by atoms with E-state index < -0.39 is 0 Å². The zero-order valence-electron chi connectivity index (χ0n) is 18.8. The van der Waals surface area contributed by atoms with Gasteiger partial charge in [0.1, 0.15) is 0 Å². The molecule has 1 N–H and O–H groups in total. The molecule has 4 heteroatoms. The number of carbonyl (C=O) groups is 1. The van der Waals surface area contributed by atoms with E-state index in [9.17, 15) is 4.79 Å². The fraction of sp³-hybridized carbons (Fsp3) is 0.214. The minimum Gasteiger partial charge on any atom is -0.345 e. The Morgan fingerprint density at radius 1 is 0.938 bits per heavy atom. The first-order chi connectivity index (χ1) is 15.2. The van der Waals surface area contributed by atoms with Crippen LogP contribution in [0, 0.1) is 0 Å². The Kier molecular flexibility index (Phi) is 6.16. The van der Waals surface area contributed by atoms with Gasteiger partial charge >= 0.3 is 0 Å². The van der Waals surface area contributed by atoms with Gasteiger partial charge in [0.05, 0.1) is 22.8 Å². The van der Waals surface area contributed by atoms with Crippen molar-refractivity contribution in [1.29, 1.82) is 0 Å². The zero-order valence-corrected chi connectivity index (χ0v) is 20.4. The van der Waals surface area contributed by atoms with Crippen LogP contribution in [0.4, 0.5) is 0 Å². The summed E-state index contributed by atoms with van der Waals surface area (Å²) in [6, 6.07) is 26.1. The second kappa shape index (κ2) is 8.87. The maximum absolute atomic E-state index is 13.4. The molecule has 3 aromatic carbocycles. The normalized spacial score (nSPS) is 12.5. The van der Waals surface area contributed by atoms with Crippen LogP contribution in [-0.4, -0.2) is 10.9 Å². The molecule has 0 saturated carbocycles. The molecule has 0 spiro atoms. The van der Waals surface area contributed by atoms with E-state index in [0.29, 0.717) is 5.56 Å². The molecule has 0 aliphatic heterocycles. The molecule has 4 rings (SSSR count). The molecule has 0 saturated heterocycles. The molecule has 1 atom stereocenters. The molecular weight excluding hydrogens is 460 g/mol. The molecule has 0 unspecified atom stereocenters. The quantitative estimate of drug-likeness (QED) is 0.325. The van der Waals surface area contributed by atoms with Crippen LogP contribution in [0.15, 0.2) is 83.3 Å². The standard InChI is InChI=1S/C28H27BrN2O/c1-18(19-8-6-5-7-9-19)30-27(32)24-17-26(31-25-15-14-22(29)16-23(24)25)20-10-12-21(13-11-20)28(2,3)4/h5-18H,1-4H3,(H,30,32)/t18-/m0/s1. The van der Waals surface area contributed by atoms with Crippen LogP contribution in [0.1, 0.15) is 55.2 Å². The first kappa shape index (κ1) is 22.2. The van der Waals surface area contributed by atoms with Gasteiger partial charge in [0, 0.05) is 15.4 Å². The molecular formula is C28H27BrN2O. The van der Waals surface area contributed by atoms with Crippen LogP contribution in [0.2, 0.25) is 0 Å². The molecule has 0 aliphatic carbocycles. The predicted octanol–water partition coefficient (Wildman–Crippen LogP) is 7.45. The van der Waals surface area contributed by atoms with Gasteiger partial charge in [0.15, 0.2) is 0 Å². The molecule has 0 bridgehead atoms. The van der Waals surface area contributed by atoms with Crippen LogP contribution < -0.4 is 5.32 Å². The van der Waals surface area contributed by atoms with Crippen LogP contribution in [0.3, 0.4) is 0 Å². The summed E-state index contributed by atoms with van der Waals surface area (Å²) in [5.74, 6) is -0.112. The number of pyridine rings is 1. The number of aromatic nitrogens is 1. The summed E-state index contributed by atoms with van der Waals surface area (Å²) in [7, 11) is 0. The van der Waals surface area contributed by atoms with Gasteiger partial charge in [-0.15, -0.1) is 0 Å². The maximum atomic E-state index is 13.4. The van der Waals surface area contributed by atoms with Crippen molar-refractivity contribution < 1.29 is 4.79 Å². The average Bonchev–Trinajstić information content (AvgIpc) is 2.78. The summed E-state index contributed by atoms with van der Waals surface area (Å²) in [5, 5.41) is 3.98. The average molecular weight is 487 g/mol. The largest absolute Gasteiger partial charge is 0.345 e. The monoisotopic (exact) mass is 486 g/mol. The second-order valence-corrected chi connectivity index (χ2v) is 10.1. The molecule has 1 heterocycles. The van der Waals surface area contributed by atoms with Gasteiger partial charge in [0.2, 0.25) is 0 Å². The van der Waals surface area contributed by atoms with Crippen LogP contribution >= 0.6 is 15.9 Å². The summed E-state index contributed by atoms with van der Waals surface area (Å²) in [4.78, 5) is 18.2. The minimum absolute atomic E-state index is 0.0836. The molecule has 0 fully saturated rings. The highest BCUT2D eigenvalue weighted by molar-refractivity contribution is 9.10. The first-order valence-electron chi connectivity index (χ1n) is 10.8. The van der Waals surface area contributed by atoms with E-state index in [0.717, 1.165) is 32.2 Å². The van der Waals surface area contributed by atoms with Gasteiger partial charge in [-0.05, 0) is 47.7 Å². The highest BCUT2D eigenvalue weighted by Crippen LogP contribution is 2.30. The van der Waals surface area contributed by atoms with Gasteiger partial charge in [-0.2, -0.15) is 0 Å². The molecule has 1 aromatic heterocycles. The van der Waals surface area contributed by atoms with E-state index in [1.54, 1.807) is 0 Å². The number of fused-ring (bicyclic) bond motifs is 1. The van der Waals surface area contributed by atoms with Crippen molar-refractivity contribution in [2.24, 2.45) is 0 Å². The second-order valence-electron chi connectivity index (χ2n) is 9.15. The van der Waals surface area contributed by atoms with Crippen LogP contribution in [0.5, 0.6) is 0 Å². The lowest BCUT2D eigenvalue weighted by molar-refractivity contribution is 0.0941. The highest BCUT2D eigenvalue weighted by atomic mass is 79.9. The molecule has 4 aromatic rings. The van der Waals surface area contributed by atoms with Crippen molar-refractivity contribution in [1.82, 2.24) is 10.3 Å². The summed E-state index contributed by atoms with van der Waals surface area (Å²) >= 11 is 3.53. The summed E-state index contributed by atoms with van der Waals surface area (Å²) < 4.78 is 0.916. The fourth-order valence-electron chi connectivity index (χ4n) is 3.77. The lowest BCUT2D eigenvalue weighted by atomic mass is 9.86. The molecule has 0 radical (unpaired) electrons. The Bertz CT molecular complexity index is 1260. The third-order valence-electron chi connectivity index (χ3n) is 5.71. The third-order valence-corrected chi connectivity index (χ3v) is 6.20. The number of hydrogen-bond donors (Lipinski definition) is 1. The molecule has 32 heavy (non-hydrogen) atoms. The Morgan fingerprint density at radius 2 is 1.62 bits per heavy atom. The summed E-state index contributed by atoms with van der Waals surface area (Å²) in [5.41, 5.74) is 5.61. The zero-order chi connectivity index (χ0) is 22.9. The lowest BCUT2D eigenvalue weighted by Gasteiger charge is -2.19. The van der Waals surface area contributed by atoms with Crippen molar-refractivity contribution >= 4 is 32.7 Å². The van der Waals surface area contributed by atoms with Crippen molar-refractivity contribution in [3.8, 4) is 11.3 Å². The van der Waals surface area contributed by atoms with Crippen LogP contribution in [-0.2, 0) is 5.41 Å². The number of benzene rings is 3. The molecule has 3 nitrogen and oxygen atoms in total. The van der Waals surface area contributed by atoms with Gasteiger partial charge in [-0.1, -0.05) is 91.3 Å². The van der Waals surface area contributed by atoms with E-state index in [1.165, 1.54) is 5.56 Å². The van der Waals surface area contributed by atoms with Crippen molar-refractivity contribution in [2.45, 2.75) is 39.2 Å². The highest BCUT2D eigenvalue weighted by Gasteiger charge is 2.18. The Labute approximate surface area is 198 Å². The Balaban J connectivity index is 1.75. The number of nitrogens with zero attached hydrogens (tertiary/aromatic N) is 1. The SMILES string of the molecule is C[C@H](NC(=O)c1cc(-c2ccc(C(C)(C)C)cc2)nc2ccc(Br)cc12)c1ccccc1. The number of rotatable bonds is 4. The fourth-order valence-corrected chi connectivity index (χ4v) is 4.14. The number of nitrogens with one attached hydrogen (secondary N) is 1. The topological polar surface area (TPSA) is 42.0 Å². The number of halogens is 1. The summed E-state index contributed by atoms with van der Waals surface area (Å²) in [6.07, 6.45) is 0. The van der Waals surface area contributed by atoms with Gasteiger partial charge in [0.25, 0.3) is 5.91 Å². The number of hydrogen-bond acceptors (Lipinski definition) is 2. The van der Waals surface area contributed by atoms with Crippen molar-refractivity contribution in [3.63, 3.8) is 0 Å². The molecule has 162 valence electrons. The molecule has 1 amide bonds. The predicted molar refractivity (Wildman–Crippen MR) is 136 cm³/mol. The van der Waals surface area contributed by atoms with Crippen LogP contribution in [0.25, 0.3) is 22.2 Å². The van der Waals surface area contributed by atoms with E-state index in [-0.39, 0.29) is 17.4 Å². The smallest absolute Gasteiger partial charge is 0.252 e. The van der Waals surface area contributed by atoms with Crippen molar-refractivity contribution in [3.05, 3.63) is 100 Å². The van der Waals surface area contributed by atoms with Gasteiger partial charge in [-0.3, -0.25) is 4.79 Å². The first-order valence-corrected chi connectivity index (χ1v) is 11.6. The lowest BCUT2D eigenvalue weighted by Crippen LogP contribution is -2.27. The Morgan fingerprint density at radius 3 is 2.28 bits per heavy atom. The van der Waals surface area contributed by atoms with E-state index in [2.05, 4.69) is 66.3 Å². The van der Waals surface area contributed by atoms with Gasteiger partial charge in [-0.25, -0.2) is 4.98 Å². The number of carbonyl (C=O) groups excluding carboxylic acids is 1. The Hall–Kier alpha value is -2.98. The minimum atomic E-state index is -0.112. The number of amides is 1. The van der Waals surface area contributed by atoms with Crippen molar-refractivity contribution in [2.75, 3.05) is 0 Å². The van der Waals surface area contributed by atoms with E-state index in [4.69, 9.17) is 4.98 Å². The van der Waals surface area contributed by atoms with E-state index in [1.807, 2.05) is 61.5 Å².